The Morgan fingerprint density at radius 1 is 0.531 bits per heavy atom. The van der Waals surface area contributed by atoms with Gasteiger partial charge in [0.1, 0.15) is 0 Å². The van der Waals surface area contributed by atoms with E-state index in [9.17, 15) is 0 Å². The van der Waals surface area contributed by atoms with Gasteiger partial charge < -0.3 is 0 Å². The monoisotopic (exact) mass is 454 g/mol. The molecule has 0 fully saturated rings. The molecule has 2 heteroatoms. The molecule has 162 valence electrons. The van der Waals surface area contributed by atoms with Crippen molar-refractivity contribution >= 4 is 22.7 Å². The van der Waals surface area contributed by atoms with Crippen LogP contribution in [0.1, 0.15) is 60.4 Å². The fourth-order valence-corrected chi connectivity index (χ4v) is 5.41. The lowest BCUT2D eigenvalue weighted by Crippen LogP contribution is -1.83. The zero-order valence-electron chi connectivity index (χ0n) is 19.0. The second-order valence-corrected chi connectivity index (χ2v) is 10.3. The first-order valence-electron chi connectivity index (χ1n) is 11.7. The van der Waals surface area contributed by atoms with Crippen molar-refractivity contribution in [3.8, 4) is 32.7 Å². The summed E-state index contributed by atoms with van der Waals surface area (Å²) >= 11 is 3.54. The van der Waals surface area contributed by atoms with Gasteiger partial charge in [0, 0.05) is 9.75 Å². The fourth-order valence-electron chi connectivity index (χ4n) is 3.68. The predicted molar refractivity (Wildman–Crippen MR) is 143 cm³/mol. The van der Waals surface area contributed by atoms with Gasteiger partial charge in [-0.05, 0) is 84.0 Å². The van der Waals surface area contributed by atoms with Crippen LogP contribution in [0, 0.1) is 11.8 Å². The molecule has 0 saturated carbocycles. The predicted octanol–water partition coefficient (Wildman–Crippen LogP) is 9.23. The van der Waals surface area contributed by atoms with Gasteiger partial charge in [0.15, 0.2) is 0 Å². The highest BCUT2D eigenvalue weighted by Gasteiger charge is 2.04. The summed E-state index contributed by atoms with van der Waals surface area (Å²) in [4.78, 5) is 4.80. The number of rotatable bonds is 8. The van der Waals surface area contributed by atoms with Crippen LogP contribution in [0.3, 0.4) is 0 Å². The number of hydrogen-bond acceptors (Lipinski definition) is 2. The second kappa shape index (κ2) is 11.3. The van der Waals surface area contributed by atoms with E-state index in [-0.39, 0.29) is 0 Å². The molecule has 0 spiro atoms. The minimum atomic E-state index is 1.12. The van der Waals surface area contributed by atoms with Crippen molar-refractivity contribution < 1.29 is 0 Å². The van der Waals surface area contributed by atoms with Gasteiger partial charge in [0.2, 0.25) is 0 Å². The molecule has 2 aromatic carbocycles. The van der Waals surface area contributed by atoms with E-state index in [0.29, 0.717) is 0 Å². The van der Waals surface area contributed by atoms with Gasteiger partial charge in [-0.25, -0.2) is 0 Å². The highest BCUT2D eigenvalue weighted by Crippen LogP contribution is 2.30. The molecule has 0 unspecified atom stereocenters. The van der Waals surface area contributed by atoms with E-state index < -0.39 is 0 Å². The van der Waals surface area contributed by atoms with Crippen molar-refractivity contribution in [1.82, 2.24) is 0 Å². The van der Waals surface area contributed by atoms with Gasteiger partial charge in [0.05, 0.1) is 9.75 Å². The first kappa shape index (κ1) is 22.6. The van der Waals surface area contributed by atoms with Gasteiger partial charge in [-0.2, -0.15) is 0 Å². The maximum absolute atomic E-state index is 3.37. The lowest BCUT2D eigenvalue weighted by molar-refractivity contribution is 0.795. The second-order valence-electron chi connectivity index (χ2n) is 8.18. The maximum Gasteiger partial charge on any atom is 0.0779 e. The van der Waals surface area contributed by atoms with Gasteiger partial charge in [-0.3, -0.25) is 0 Å². The van der Waals surface area contributed by atoms with Crippen LogP contribution in [-0.2, 0) is 12.8 Å². The highest BCUT2D eigenvalue weighted by molar-refractivity contribution is 7.16. The molecule has 4 aromatic rings. The van der Waals surface area contributed by atoms with E-state index in [4.69, 9.17) is 0 Å². The van der Waals surface area contributed by atoms with Crippen LogP contribution < -0.4 is 0 Å². The largest absolute Gasteiger partial charge is 0.127 e. The van der Waals surface area contributed by atoms with Crippen molar-refractivity contribution in [3.05, 3.63) is 93.7 Å². The zero-order chi connectivity index (χ0) is 22.2. The smallest absolute Gasteiger partial charge is 0.0779 e. The Labute approximate surface area is 201 Å². The van der Waals surface area contributed by atoms with Crippen molar-refractivity contribution in [3.63, 3.8) is 0 Å². The SMILES string of the molecule is CCCCc1ccc(-c2ccc(C#Cc3ccc(-c4ccc(CCCC)cc4)s3)s2)cc1. The van der Waals surface area contributed by atoms with Gasteiger partial charge >= 0.3 is 0 Å². The summed E-state index contributed by atoms with van der Waals surface area (Å²) in [6.45, 7) is 4.48. The Morgan fingerprint density at radius 2 is 0.938 bits per heavy atom. The van der Waals surface area contributed by atoms with E-state index in [1.165, 1.54) is 70.5 Å². The molecular formula is C30H30S2. The molecule has 0 saturated heterocycles. The molecule has 0 aliphatic rings. The van der Waals surface area contributed by atoms with E-state index in [1.807, 2.05) is 0 Å². The number of aryl methyl sites for hydroxylation is 2. The Kier molecular flexibility index (Phi) is 7.99. The Bertz CT molecular complexity index is 1080. The van der Waals surface area contributed by atoms with E-state index >= 15 is 0 Å². The van der Waals surface area contributed by atoms with E-state index in [2.05, 4.69) is 98.5 Å². The summed E-state index contributed by atoms with van der Waals surface area (Å²) in [6.07, 6.45) is 7.34. The normalized spacial score (nSPS) is 10.7. The molecule has 0 aliphatic heterocycles. The number of thiophene rings is 2. The van der Waals surface area contributed by atoms with Crippen LogP contribution in [0.25, 0.3) is 20.9 Å². The Morgan fingerprint density at radius 3 is 1.31 bits per heavy atom. The minimum Gasteiger partial charge on any atom is -0.127 e. The molecule has 32 heavy (non-hydrogen) atoms. The molecule has 0 amide bonds. The molecular weight excluding hydrogens is 424 g/mol. The molecule has 0 aliphatic carbocycles. The average molecular weight is 455 g/mol. The Hall–Kier alpha value is -2.60. The summed E-state index contributed by atoms with van der Waals surface area (Å²) < 4.78 is 0. The molecule has 2 heterocycles. The number of benzene rings is 2. The molecule has 4 rings (SSSR count). The summed E-state index contributed by atoms with van der Waals surface area (Å²) in [6, 6.07) is 26.7. The maximum atomic E-state index is 3.37. The molecule has 0 atom stereocenters. The third-order valence-corrected chi connectivity index (χ3v) is 7.74. The highest BCUT2D eigenvalue weighted by atomic mass is 32.1. The first-order chi connectivity index (χ1) is 15.7. The lowest BCUT2D eigenvalue weighted by atomic mass is 10.1. The van der Waals surface area contributed by atoms with Gasteiger partial charge in [0.25, 0.3) is 0 Å². The van der Waals surface area contributed by atoms with Gasteiger partial charge in [-0.15, -0.1) is 22.7 Å². The minimum absolute atomic E-state index is 1.12. The first-order valence-corrected chi connectivity index (χ1v) is 13.3. The standard InChI is InChI=1S/C30H30S2/c1-3-5-7-23-9-13-25(14-10-23)29-21-19-27(31-29)17-18-28-20-22-30(32-28)26-15-11-24(12-16-26)8-6-4-2/h9-16,19-22H,3-8H2,1-2H3. The molecule has 0 N–H and O–H groups in total. The van der Waals surface area contributed by atoms with Crippen molar-refractivity contribution in [1.29, 1.82) is 0 Å². The lowest BCUT2D eigenvalue weighted by Gasteiger charge is -2.01. The molecule has 0 nitrogen and oxygen atoms in total. The topological polar surface area (TPSA) is 0 Å². The quantitative estimate of drug-likeness (QED) is 0.233. The fraction of sp³-hybridized carbons (Fsp3) is 0.267. The molecule has 2 aromatic heterocycles. The van der Waals surface area contributed by atoms with Crippen molar-refractivity contribution in [2.75, 3.05) is 0 Å². The van der Waals surface area contributed by atoms with E-state index in [0.717, 1.165) is 9.75 Å². The summed E-state index contributed by atoms with van der Waals surface area (Å²) in [7, 11) is 0. The third-order valence-electron chi connectivity index (χ3n) is 5.64. The van der Waals surface area contributed by atoms with Crippen LogP contribution in [0.15, 0.2) is 72.8 Å². The van der Waals surface area contributed by atoms with Gasteiger partial charge in [-0.1, -0.05) is 75.2 Å². The van der Waals surface area contributed by atoms with Crippen LogP contribution >= 0.6 is 22.7 Å². The van der Waals surface area contributed by atoms with Crippen molar-refractivity contribution in [2.24, 2.45) is 0 Å². The number of unbranched alkanes of at least 4 members (excludes halogenated alkanes) is 2. The van der Waals surface area contributed by atoms with Crippen LogP contribution in [-0.4, -0.2) is 0 Å². The molecule has 0 bridgehead atoms. The Balaban J connectivity index is 1.41. The van der Waals surface area contributed by atoms with E-state index in [1.54, 1.807) is 22.7 Å². The van der Waals surface area contributed by atoms with Crippen LogP contribution in [0.5, 0.6) is 0 Å². The van der Waals surface area contributed by atoms with Crippen LogP contribution in [0.2, 0.25) is 0 Å². The zero-order valence-corrected chi connectivity index (χ0v) is 20.6. The summed E-state index contributed by atoms with van der Waals surface area (Å²) in [5.41, 5.74) is 5.42. The van der Waals surface area contributed by atoms with Crippen molar-refractivity contribution in [2.45, 2.75) is 52.4 Å². The third kappa shape index (κ3) is 6.00. The average Bonchev–Trinajstić information content (AvgIpc) is 3.51. The van der Waals surface area contributed by atoms with Crippen LogP contribution in [0.4, 0.5) is 0 Å². The summed E-state index contributed by atoms with van der Waals surface area (Å²) in [5, 5.41) is 0. The number of hydrogen-bond donors (Lipinski definition) is 0. The molecule has 0 radical (unpaired) electrons. The summed E-state index contributed by atoms with van der Waals surface area (Å²) in [5.74, 6) is 6.73.